The van der Waals surface area contributed by atoms with Gasteiger partial charge in [0.1, 0.15) is 0 Å². The highest BCUT2D eigenvalue weighted by atomic mass is 14.7. The third-order valence-electron chi connectivity index (χ3n) is 2.64. The average Bonchev–Trinajstić information content (AvgIpc) is 2.73. The number of fused-ring (bicyclic) bond motifs is 1. The van der Waals surface area contributed by atoms with E-state index >= 15 is 0 Å². The van der Waals surface area contributed by atoms with Crippen LogP contribution in [-0.2, 0) is 0 Å². The van der Waals surface area contributed by atoms with Crippen molar-refractivity contribution in [2.45, 2.75) is 0 Å². The average molecular weight is 209 g/mol. The van der Waals surface area contributed by atoms with Gasteiger partial charge in [0.15, 0.2) is 0 Å². The minimum atomic E-state index is 0.779. The lowest BCUT2D eigenvalue weighted by Crippen LogP contribution is -1.83. The highest BCUT2D eigenvalue weighted by Crippen LogP contribution is 2.23. The third kappa shape index (κ3) is 1.42. The minimum absolute atomic E-state index is 0.779. The van der Waals surface area contributed by atoms with Crippen LogP contribution in [0.3, 0.4) is 0 Å². The number of anilines is 1. The Hall–Kier alpha value is -2.29. The van der Waals surface area contributed by atoms with Gasteiger partial charge in [0.25, 0.3) is 0 Å². The highest BCUT2D eigenvalue weighted by molar-refractivity contribution is 5.85. The molecule has 16 heavy (non-hydrogen) atoms. The van der Waals surface area contributed by atoms with Gasteiger partial charge in [-0.3, -0.25) is 4.98 Å². The number of hydrogen-bond donors (Lipinski definition) is 2. The largest absolute Gasteiger partial charge is 0.399 e. The number of H-pyrrole nitrogens is 1. The summed E-state index contributed by atoms with van der Waals surface area (Å²) in [6.45, 7) is 0. The van der Waals surface area contributed by atoms with Crippen LogP contribution in [-0.4, -0.2) is 9.97 Å². The molecule has 0 aliphatic heterocycles. The molecule has 0 saturated heterocycles. The molecule has 0 aliphatic rings. The van der Waals surface area contributed by atoms with Crippen molar-refractivity contribution >= 4 is 16.6 Å². The fraction of sp³-hybridized carbons (Fsp3) is 0. The molecule has 3 heteroatoms. The van der Waals surface area contributed by atoms with E-state index in [0.717, 1.165) is 27.8 Å². The first-order valence-corrected chi connectivity index (χ1v) is 5.11. The van der Waals surface area contributed by atoms with Crippen LogP contribution in [0.4, 0.5) is 5.69 Å². The topological polar surface area (TPSA) is 54.7 Å². The van der Waals surface area contributed by atoms with E-state index in [1.165, 1.54) is 0 Å². The number of hydrogen-bond acceptors (Lipinski definition) is 2. The summed E-state index contributed by atoms with van der Waals surface area (Å²) < 4.78 is 0. The van der Waals surface area contributed by atoms with Crippen molar-refractivity contribution in [2.75, 3.05) is 5.73 Å². The number of nitrogens with one attached hydrogen (secondary N) is 1. The van der Waals surface area contributed by atoms with Gasteiger partial charge in [-0.1, -0.05) is 12.1 Å². The van der Waals surface area contributed by atoms with Crippen molar-refractivity contribution in [2.24, 2.45) is 0 Å². The quantitative estimate of drug-likeness (QED) is 0.605. The molecule has 78 valence electrons. The number of nitrogens with two attached hydrogens (primary N) is 1. The Balaban J connectivity index is 2.15. The Morgan fingerprint density at radius 2 is 1.88 bits per heavy atom. The Kier molecular flexibility index (Phi) is 1.90. The zero-order valence-corrected chi connectivity index (χ0v) is 8.64. The van der Waals surface area contributed by atoms with Gasteiger partial charge in [0, 0.05) is 34.7 Å². The van der Waals surface area contributed by atoms with Crippen molar-refractivity contribution < 1.29 is 0 Å². The van der Waals surface area contributed by atoms with E-state index in [1.54, 1.807) is 6.20 Å². The Morgan fingerprint density at radius 1 is 1.06 bits per heavy atom. The molecule has 3 rings (SSSR count). The molecule has 0 saturated carbocycles. The van der Waals surface area contributed by atoms with Gasteiger partial charge in [-0.25, -0.2) is 0 Å². The zero-order chi connectivity index (χ0) is 11.0. The Morgan fingerprint density at radius 3 is 2.62 bits per heavy atom. The number of benzene rings is 1. The fourth-order valence-corrected chi connectivity index (χ4v) is 1.79. The minimum Gasteiger partial charge on any atom is -0.399 e. The number of pyridine rings is 1. The van der Waals surface area contributed by atoms with Crippen molar-refractivity contribution in [1.82, 2.24) is 9.97 Å². The molecule has 3 nitrogen and oxygen atoms in total. The number of aromatic amines is 1. The lowest BCUT2D eigenvalue weighted by molar-refractivity contribution is 1.36. The van der Waals surface area contributed by atoms with Crippen molar-refractivity contribution in [3.05, 3.63) is 48.8 Å². The molecule has 0 spiro atoms. The van der Waals surface area contributed by atoms with E-state index in [0.29, 0.717) is 0 Å². The molecule has 0 aliphatic carbocycles. The Labute approximate surface area is 92.9 Å². The molecule has 3 aromatic rings. The maximum atomic E-state index is 5.66. The lowest BCUT2D eigenvalue weighted by atomic mass is 10.1. The van der Waals surface area contributed by atoms with Crippen LogP contribution in [0.1, 0.15) is 0 Å². The normalized spacial score (nSPS) is 10.8. The molecule has 0 atom stereocenters. The predicted molar refractivity (Wildman–Crippen MR) is 65.9 cm³/mol. The highest BCUT2D eigenvalue weighted by Gasteiger charge is 2.02. The van der Waals surface area contributed by atoms with Gasteiger partial charge >= 0.3 is 0 Å². The summed E-state index contributed by atoms with van der Waals surface area (Å²) in [7, 11) is 0. The van der Waals surface area contributed by atoms with Crippen LogP contribution in [0.25, 0.3) is 22.2 Å². The van der Waals surface area contributed by atoms with E-state index < -0.39 is 0 Å². The molecular weight excluding hydrogens is 198 g/mol. The molecule has 0 fully saturated rings. The second-order valence-corrected chi connectivity index (χ2v) is 3.77. The van der Waals surface area contributed by atoms with E-state index in [4.69, 9.17) is 5.73 Å². The van der Waals surface area contributed by atoms with Gasteiger partial charge < -0.3 is 10.7 Å². The summed E-state index contributed by atoms with van der Waals surface area (Å²) in [6, 6.07) is 11.9. The predicted octanol–water partition coefficient (Wildman–Crippen LogP) is 2.81. The molecule has 2 heterocycles. The van der Waals surface area contributed by atoms with Gasteiger partial charge in [0.2, 0.25) is 0 Å². The SMILES string of the molecule is Nc1ccc(-c2cc3cnccc3[nH]2)cc1. The van der Waals surface area contributed by atoms with Crippen LogP contribution in [0.2, 0.25) is 0 Å². The van der Waals surface area contributed by atoms with Crippen LogP contribution in [0, 0.1) is 0 Å². The monoisotopic (exact) mass is 209 g/mol. The summed E-state index contributed by atoms with van der Waals surface area (Å²) in [5.74, 6) is 0. The third-order valence-corrected chi connectivity index (χ3v) is 2.64. The first-order chi connectivity index (χ1) is 7.83. The second kappa shape index (κ2) is 3.38. The van der Waals surface area contributed by atoms with E-state index in [-0.39, 0.29) is 0 Å². The van der Waals surface area contributed by atoms with Crippen molar-refractivity contribution in [3.8, 4) is 11.3 Å². The van der Waals surface area contributed by atoms with Crippen LogP contribution >= 0.6 is 0 Å². The van der Waals surface area contributed by atoms with Crippen molar-refractivity contribution in [3.63, 3.8) is 0 Å². The van der Waals surface area contributed by atoms with E-state index in [1.807, 2.05) is 36.5 Å². The van der Waals surface area contributed by atoms with Gasteiger partial charge in [-0.15, -0.1) is 0 Å². The van der Waals surface area contributed by atoms with E-state index in [9.17, 15) is 0 Å². The van der Waals surface area contributed by atoms with Gasteiger partial charge in [0.05, 0.1) is 0 Å². The lowest BCUT2D eigenvalue weighted by Gasteiger charge is -1.97. The standard InChI is InChI=1S/C13H11N3/c14-11-3-1-9(2-4-11)13-7-10-8-15-6-5-12(10)16-13/h1-8,16H,14H2. The first kappa shape index (κ1) is 8.97. The fourth-order valence-electron chi connectivity index (χ4n) is 1.79. The van der Waals surface area contributed by atoms with Crippen LogP contribution in [0.15, 0.2) is 48.8 Å². The smallest absolute Gasteiger partial charge is 0.0489 e. The first-order valence-electron chi connectivity index (χ1n) is 5.11. The molecular formula is C13H11N3. The summed E-state index contributed by atoms with van der Waals surface area (Å²) in [6.07, 6.45) is 3.64. The van der Waals surface area contributed by atoms with E-state index in [2.05, 4.69) is 16.0 Å². The maximum absolute atomic E-state index is 5.66. The van der Waals surface area contributed by atoms with Crippen LogP contribution in [0.5, 0.6) is 0 Å². The maximum Gasteiger partial charge on any atom is 0.0489 e. The molecule has 0 bridgehead atoms. The summed E-state index contributed by atoms with van der Waals surface area (Å²) >= 11 is 0. The Bertz CT molecular complexity index is 590. The summed E-state index contributed by atoms with van der Waals surface area (Å²) in [5, 5.41) is 1.12. The van der Waals surface area contributed by atoms with Crippen molar-refractivity contribution in [1.29, 1.82) is 0 Å². The molecule has 3 N–H and O–H groups in total. The molecule has 0 amide bonds. The van der Waals surface area contributed by atoms with Gasteiger partial charge in [-0.05, 0) is 29.8 Å². The number of nitrogen functional groups attached to an aromatic ring is 1. The number of aromatic nitrogens is 2. The summed E-state index contributed by atoms with van der Waals surface area (Å²) in [4.78, 5) is 7.44. The molecule has 0 unspecified atom stereocenters. The molecule has 2 aromatic heterocycles. The zero-order valence-electron chi connectivity index (χ0n) is 8.64. The second-order valence-electron chi connectivity index (χ2n) is 3.77. The van der Waals surface area contributed by atoms with Gasteiger partial charge in [-0.2, -0.15) is 0 Å². The number of rotatable bonds is 1. The van der Waals surface area contributed by atoms with Crippen LogP contribution < -0.4 is 5.73 Å². The summed E-state index contributed by atoms with van der Waals surface area (Å²) in [5.41, 5.74) is 9.75. The number of nitrogens with zero attached hydrogens (tertiary/aromatic N) is 1. The molecule has 0 radical (unpaired) electrons. The molecule has 1 aromatic carbocycles.